The smallest absolute Gasteiger partial charge is 0.239 e. The highest BCUT2D eigenvalue weighted by molar-refractivity contribution is 5.82. The Labute approximate surface area is 191 Å². The minimum atomic E-state index is -0.232. The fraction of sp³-hybridized carbons (Fsp3) is 0.708. The van der Waals surface area contributed by atoms with Crippen LogP contribution in [-0.4, -0.2) is 96.4 Å². The molecule has 3 fully saturated rings. The Balaban J connectivity index is 1.23. The van der Waals surface area contributed by atoms with Crippen LogP contribution in [0.1, 0.15) is 32.6 Å². The van der Waals surface area contributed by atoms with Crippen LogP contribution in [-0.2, 0) is 9.59 Å². The third kappa shape index (κ3) is 5.59. The van der Waals surface area contributed by atoms with E-state index in [1.54, 1.807) is 0 Å². The Hall–Kier alpha value is -2.19. The predicted octanol–water partition coefficient (Wildman–Crippen LogP) is 1.03. The van der Waals surface area contributed by atoms with E-state index in [1.165, 1.54) is 6.42 Å². The maximum absolute atomic E-state index is 13.1. The van der Waals surface area contributed by atoms with Crippen LogP contribution in [0.4, 0.5) is 5.82 Å². The number of carbonyl (C=O) groups excluding carboxylic acids is 2. The molecular weight excluding hydrogens is 404 g/mol. The van der Waals surface area contributed by atoms with Crippen molar-refractivity contribution in [3.8, 4) is 0 Å². The third-order valence-corrected chi connectivity index (χ3v) is 7.53. The van der Waals surface area contributed by atoms with Crippen molar-refractivity contribution in [2.24, 2.45) is 17.6 Å². The van der Waals surface area contributed by atoms with Crippen LogP contribution in [0.25, 0.3) is 0 Å². The van der Waals surface area contributed by atoms with Crippen LogP contribution in [0.3, 0.4) is 0 Å². The SMILES string of the molecule is CC(C(=O)N1CCC(C(N)=O)CC1)N1CCCC(CN2CCN(c3ccccn3)CC2)C1. The van der Waals surface area contributed by atoms with Crippen LogP contribution < -0.4 is 10.6 Å². The monoisotopic (exact) mass is 442 g/mol. The van der Waals surface area contributed by atoms with Crippen LogP contribution in [0.5, 0.6) is 0 Å². The molecule has 0 aromatic carbocycles. The summed E-state index contributed by atoms with van der Waals surface area (Å²) >= 11 is 0. The van der Waals surface area contributed by atoms with Gasteiger partial charge in [-0.15, -0.1) is 0 Å². The molecule has 2 N–H and O–H groups in total. The second-order valence-corrected chi connectivity index (χ2v) is 9.66. The Morgan fingerprint density at radius 2 is 1.81 bits per heavy atom. The second-order valence-electron chi connectivity index (χ2n) is 9.66. The number of hydrogen-bond donors (Lipinski definition) is 1. The molecule has 176 valence electrons. The first-order chi connectivity index (χ1) is 15.5. The molecule has 0 spiro atoms. The molecule has 3 aliphatic heterocycles. The molecular formula is C24H38N6O2. The van der Waals surface area contributed by atoms with Crippen LogP contribution in [0.15, 0.2) is 24.4 Å². The number of pyridine rings is 1. The number of carbonyl (C=O) groups is 2. The van der Waals surface area contributed by atoms with E-state index in [9.17, 15) is 9.59 Å². The molecule has 8 heteroatoms. The van der Waals surface area contributed by atoms with Crippen molar-refractivity contribution in [3.05, 3.63) is 24.4 Å². The molecule has 8 nitrogen and oxygen atoms in total. The number of primary amides is 1. The van der Waals surface area contributed by atoms with Crippen LogP contribution in [0, 0.1) is 11.8 Å². The number of aromatic nitrogens is 1. The van der Waals surface area contributed by atoms with Gasteiger partial charge >= 0.3 is 0 Å². The molecule has 0 radical (unpaired) electrons. The average molecular weight is 443 g/mol. The molecule has 0 aliphatic carbocycles. The lowest BCUT2D eigenvalue weighted by Crippen LogP contribution is -2.54. The molecule has 2 atom stereocenters. The molecule has 2 unspecified atom stereocenters. The minimum absolute atomic E-state index is 0.0770. The van der Waals surface area contributed by atoms with Gasteiger partial charge in [0.1, 0.15) is 5.82 Å². The van der Waals surface area contributed by atoms with Crippen molar-refractivity contribution in [1.29, 1.82) is 0 Å². The normalized spacial score (nSPS) is 25.0. The number of nitrogens with zero attached hydrogens (tertiary/aromatic N) is 5. The molecule has 0 saturated carbocycles. The third-order valence-electron chi connectivity index (χ3n) is 7.53. The summed E-state index contributed by atoms with van der Waals surface area (Å²) in [5.41, 5.74) is 5.43. The second kappa shape index (κ2) is 10.6. The minimum Gasteiger partial charge on any atom is -0.369 e. The zero-order valence-corrected chi connectivity index (χ0v) is 19.4. The van der Waals surface area contributed by atoms with Gasteiger partial charge in [0, 0.05) is 64.5 Å². The lowest BCUT2D eigenvalue weighted by Gasteiger charge is -2.42. The van der Waals surface area contributed by atoms with E-state index in [1.807, 2.05) is 23.2 Å². The van der Waals surface area contributed by atoms with E-state index in [4.69, 9.17) is 5.73 Å². The first-order valence-corrected chi connectivity index (χ1v) is 12.2. The first-order valence-electron chi connectivity index (χ1n) is 12.2. The average Bonchev–Trinajstić information content (AvgIpc) is 2.84. The summed E-state index contributed by atoms with van der Waals surface area (Å²) < 4.78 is 0. The standard InChI is InChI=1S/C24H38N6O2/c1-19(24(32)29-11-7-21(8-12-29)23(25)31)30-10-4-5-20(18-30)17-27-13-15-28(16-14-27)22-6-2-3-9-26-22/h2-3,6,9,19-21H,4-5,7-8,10-18H2,1H3,(H2,25,31). The van der Waals surface area contributed by atoms with Gasteiger partial charge in [-0.3, -0.25) is 19.4 Å². The summed E-state index contributed by atoms with van der Waals surface area (Å²) in [7, 11) is 0. The molecule has 4 heterocycles. The summed E-state index contributed by atoms with van der Waals surface area (Å²) in [6.07, 6.45) is 5.64. The topological polar surface area (TPSA) is 86.0 Å². The van der Waals surface area contributed by atoms with Gasteiger partial charge in [-0.05, 0) is 57.2 Å². The predicted molar refractivity (Wildman–Crippen MR) is 125 cm³/mol. The van der Waals surface area contributed by atoms with Crippen molar-refractivity contribution in [1.82, 2.24) is 19.7 Å². The lowest BCUT2D eigenvalue weighted by atomic mass is 9.94. The van der Waals surface area contributed by atoms with Crippen molar-refractivity contribution < 1.29 is 9.59 Å². The van der Waals surface area contributed by atoms with Gasteiger partial charge < -0.3 is 15.5 Å². The van der Waals surface area contributed by atoms with Crippen LogP contribution in [0.2, 0.25) is 0 Å². The van der Waals surface area contributed by atoms with Gasteiger partial charge in [-0.25, -0.2) is 4.98 Å². The van der Waals surface area contributed by atoms with E-state index in [0.717, 1.165) is 58.1 Å². The van der Waals surface area contributed by atoms with Gasteiger partial charge in [-0.1, -0.05) is 6.07 Å². The summed E-state index contributed by atoms with van der Waals surface area (Å²) in [6, 6.07) is 6.00. The molecule has 1 aromatic rings. The summed E-state index contributed by atoms with van der Waals surface area (Å²) in [4.78, 5) is 38.2. The van der Waals surface area contributed by atoms with Crippen LogP contribution >= 0.6 is 0 Å². The van der Waals surface area contributed by atoms with E-state index in [-0.39, 0.29) is 23.8 Å². The zero-order valence-electron chi connectivity index (χ0n) is 19.4. The largest absolute Gasteiger partial charge is 0.369 e. The molecule has 4 rings (SSSR count). The fourth-order valence-electron chi connectivity index (χ4n) is 5.47. The number of hydrogen-bond acceptors (Lipinski definition) is 6. The van der Waals surface area contributed by atoms with Crippen molar-refractivity contribution in [2.45, 2.75) is 38.6 Å². The number of nitrogens with two attached hydrogens (primary N) is 1. The molecule has 32 heavy (non-hydrogen) atoms. The quantitative estimate of drug-likeness (QED) is 0.708. The molecule has 0 bridgehead atoms. The summed E-state index contributed by atoms with van der Waals surface area (Å²) in [6.45, 7) is 10.6. The van der Waals surface area contributed by atoms with Crippen molar-refractivity contribution in [2.75, 3.05) is 63.8 Å². The number of anilines is 1. The molecule has 3 saturated heterocycles. The maximum atomic E-state index is 13.1. The fourth-order valence-corrected chi connectivity index (χ4v) is 5.47. The van der Waals surface area contributed by atoms with E-state index in [0.29, 0.717) is 31.8 Å². The first kappa shape index (κ1) is 23.0. The number of piperazine rings is 1. The van der Waals surface area contributed by atoms with Gasteiger partial charge in [0.25, 0.3) is 0 Å². The highest BCUT2D eigenvalue weighted by Gasteiger charge is 2.33. The Morgan fingerprint density at radius 1 is 1.06 bits per heavy atom. The molecule has 3 aliphatic rings. The highest BCUT2D eigenvalue weighted by atomic mass is 16.2. The summed E-state index contributed by atoms with van der Waals surface area (Å²) in [5, 5.41) is 0. The number of likely N-dealkylation sites (tertiary alicyclic amines) is 2. The van der Waals surface area contributed by atoms with Crippen molar-refractivity contribution in [3.63, 3.8) is 0 Å². The van der Waals surface area contributed by atoms with E-state index < -0.39 is 0 Å². The zero-order chi connectivity index (χ0) is 22.5. The Bertz CT molecular complexity index is 759. The highest BCUT2D eigenvalue weighted by Crippen LogP contribution is 2.23. The summed E-state index contributed by atoms with van der Waals surface area (Å²) in [5.74, 6) is 1.58. The van der Waals surface area contributed by atoms with Crippen molar-refractivity contribution >= 4 is 17.6 Å². The molecule has 2 amide bonds. The Kier molecular flexibility index (Phi) is 7.63. The van der Waals surface area contributed by atoms with E-state index >= 15 is 0 Å². The van der Waals surface area contributed by atoms with Gasteiger partial charge in [0.15, 0.2) is 0 Å². The molecule has 1 aromatic heterocycles. The Morgan fingerprint density at radius 3 is 2.47 bits per heavy atom. The number of amides is 2. The number of rotatable bonds is 6. The number of piperidine rings is 2. The maximum Gasteiger partial charge on any atom is 0.239 e. The lowest BCUT2D eigenvalue weighted by molar-refractivity contribution is -0.140. The van der Waals surface area contributed by atoms with E-state index in [2.05, 4.69) is 32.7 Å². The van der Waals surface area contributed by atoms with Gasteiger partial charge in [0.05, 0.1) is 6.04 Å². The van der Waals surface area contributed by atoms with Gasteiger partial charge in [-0.2, -0.15) is 0 Å². The van der Waals surface area contributed by atoms with Gasteiger partial charge in [0.2, 0.25) is 11.8 Å².